The number of hydrogen-bond acceptors (Lipinski definition) is 5. The summed E-state index contributed by atoms with van der Waals surface area (Å²) in [5.74, 6) is -0.459. The maximum Gasteiger partial charge on any atom is 0.289 e. The van der Waals surface area contributed by atoms with Crippen LogP contribution >= 0.6 is 0 Å². The van der Waals surface area contributed by atoms with Crippen molar-refractivity contribution in [3.8, 4) is 11.3 Å². The van der Waals surface area contributed by atoms with Crippen LogP contribution in [0.2, 0.25) is 0 Å². The van der Waals surface area contributed by atoms with Gasteiger partial charge in [0.05, 0.1) is 16.3 Å². The molecule has 0 saturated heterocycles. The first kappa shape index (κ1) is 19.0. The molecule has 2 N–H and O–H groups in total. The molecular formula is C22H17N5O3. The fourth-order valence-electron chi connectivity index (χ4n) is 3.04. The van der Waals surface area contributed by atoms with E-state index < -0.39 is 10.8 Å². The Bertz CT molecular complexity index is 1290. The predicted octanol–water partition coefficient (Wildman–Crippen LogP) is 4.29. The normalized spacial score (nSPS) is 11.4. The highest BCUT2D eigenvalue weighted by molar-refractivity contribution is 6.03. The zero-order valence-corrected chi connectivity index (χ0v) is 16.0. The molecule has 0 atom stereocenters. The van der Waals surface area contributed by atoms with Crippen LogP contribution in [-0.2, 0) is 0 Å². The summed E-state index contributed by atoms with van der Waals surface area (Å²) < 4.78 is 0. The van der Waals surface area contributed by atoms with Gasteiger partial charge >= 0.3 is 0 Å². The number of carbonyl (C=O) groups excluding carboxylic acids is 1. The van der Waals surface area contributed by atoms with Gasteiger partial charge in [-0.15, -0.1) is 0 Å². The van der Waals surface area contributed by atoms with Crippen LogP contribution in [0.3, 0.4) is 0 Å². The van der Waals surface area contributed by atoms with Crippen LogP contribution in [0.25, 0.3) is 22.0 Å². The lowest BCUT2D eigenvalue weighted by Gasteiger charge is -2.04. The number of nitro groups is 1. The zero-order chi connectivity index (χ0) is 21.1. The van der Waals surface area contributed by atoms with E-state index in [0.717, 1.165) is 16.3 Å². The Morgan fingerprint density at radius 1 is 1.03 bits per heavy atom. The van der Waals surface area contributed by atoms with Crippen LogP contribution in [0.15, 0.2) is 77.9 Å². The third-order valence-corrected chi connectivity index (χ3v) is 4.67. The predicted molar refractivity (Wildman–Crippen MR) is 114 cm³/mol. The van der Waals surface area contributed by atoms with Gasteiger partial charge in [0.25, 0.3) is 11.6 Å². The lowest BCUT2D eigenvalue weighted by atomic mass is 10.0. The lowest BCUT2D eigenvalue weighted by molar-refractivity contribution is -0.384. The molecule has 1 amide bonds. The first-order chi connectivity index (χ1) is 14.5. The number of hydrogen-bond donors (Lipinski definition) is 2. The summed E-state index contributed by atoms with van der Waals surface area (Å²) in [6, 6.07) is 21.5. The van der Waals surface area contributed by atoms with E-state index in [-0.39, 0.29) is 11.4 Å². The number of fused-ring (bicyclic) bond motifs is 1. The Kier molecular flexibility index (Phi) is 5.04. The van der Waals surface area contributed by atoms with Crippen LogP contribution in [0.1, 0.15) is 23.0 Å². The summed E-state index contributed by atoms with van der Waals surface area (Å²) in [6.07, 6.45) is 0. The summed E-state index contributed by atoms with van der Waals surface area (Å²) in [4.78, 5) is 22.9. The third kappa shape index (κ3) is 3.93. The van der Waals surface area contributed by atoms with Gasteiger partial charge < -0.3 is 0 Å². The molecule has 0 saturated carbocycles. The Hall–Kier alpha value is -4.33. The van der Waals surface area contributed by atoms with Crippen molar-refractivity contribution >= 4 is 28.1 Å². The fraction of sp³-hybridized carbons (Fsp3) is 0.0455. The molecule has 1 heterocycles. The molecule has 0 aliphatic heterocycles. The standard InChI is InChI=1S/C22H17N5O3/c1-14(16-10-9-15-5-2-3-6-17(15)11-16)23-26-22(28)21-13-20(24-25-21)18-7-4-8-19(12-18)27(29)30/h2-13H,1H3,(H,24,25)(H,26,28)/b23-14-. The minimum atomic E-state index is -0.478. The first-order valence-electron chi connectivity index (χ1n) is 9.15. The Balaban J connectivity index is 1.50. The van der Waals surface area contributed by atoms with Gasteiger partial charge in [-0.25, -0.2) is 5.43 Å². The molecule has 0 radical (unpaired) electrons. The highest BCUT2D eigenvalue weighted by Crippen LogP contribution is 2.22. The number of rotatable bonds is 5. The number of benzene rings is 3. The monoisotopic (exact) mass is 399 g/mol. The summed E-state index contributed by atoms with van der Waals surface area (Å²) in [5, 5.41) is 24.0. The van der Waals surface area contributed by atoms with Crippen LogP contribution in [0.4, 0.5) is 5.69 Å². The van der Waals surface area contributed by atoms with E-state index in [1.54, 1.807) is 12.1 Å². The minimum Gasteiger partial charge on any atom is -0.272 e. The second-order valence-electron chi connectivity index (χ2n) is 6.67. The Morgan fingerprint density at radius 2 is 1.83 bits per heavy atom. The molecule has 8 heteroatoms. The van der Waals surface area contributed by atoms with Gasteiger partial charge in [-0.3, -0.25) is 20.0 Å². The number of hydrazone groups is 1. The number of non-ortho nitro benzene ring substituents is 1. The molecule has 0 unspecified atom stereocenters. The van der Waals surface area contributed by atoms with E-state index in [0.29, 0.717) is 17.0 Å². The molecule has 1 aromatic heterocycles. The van der Waals surface area contributed by atoms with E-state index >= 15 is 0 Å². The molecule has 0 bridgehead atoms. The van der Waals surface area contributed by atoms with Crippen molar-refractivity contribution in [1.29, 1.82) is 0 Å². The smallest absolute Gasteiger partial charge is 0.272 e. The van der Waals surface area contributed by atoms with E-state index in [1.807, 2.05) is 49.4 Å². The van der Waals surface area contributed by atoms with Crippen molar-refractivity contribution in [2.75, 3.05) is 0 Å². The van der Waals surface area contributed by atoms with Crippen LogP contribution in [-0.4, -0.2) is 26.7 Å². The second kappa shape index (κ2) is 7.96. The maximum atomic E-state index is 12.4. The summed E-state index contributed by atoms with van der Waals surface area (Å²) in [5.41, 5.74) is 5.19. The molecule has 3 aromatic carbocycles. The van der Waals surface area contributed by atoms with Crippen molar-refractivity contribution in [2.45, 2.75) is 6.92 Å². The third-order valence-electron chi connectivity index (χ3n) is 4.67. The van der Waals surface area contributed by atoms with Crippen LogP contribution < -0.4 is 5.43 Å². The van der Waals surface area contributed by atoms with Gasteiger partial charge in [-0.05, 0) is 35.4 Å². The van der Waals surface area contributed by atoms with Gasteiger partial charge in [0.1, 0.15) is 5.69 Å². The molecular weight excluding hydrogens is 382 g/mol. The molecule has 0 aliphatic rings. The van der Waals surface area contributed by atoms with E-state index in [1.165, 1.54) is 18.2 Å². The first-order valence-corrected chi connectivity index (χ1v) is 9.15. The molecule has 4 aromatic rings. The lowest BCUT2D eigenvalue weighted by Crippen LogP contribution is -2.19. The Labute approximate surface area is 171 Å². The topological polar surface area (TPSA) is 113 Å². The van der Waals surface area contributed by atoms with E-state index in [9.17, 15) is 14.9 Å². The number of aromatic amines is 1. The molecule has 0 fully saturated rings. The molecule has 30 heavy (non-hydrogen) atoms. The number of H-pyrrole nitrogens is 1. The van der Waals surface area contributed by atoms with Crippen molar-refractivity contribution in [2.24, 2.45) is 5.10 Å². The number of amides is 1. The Morgan fingerprint density at radius 3 is 2.63 bits per heavy atom. The maximum absolute atomic E-state index is 12.4. The SMILES string of the molecule is C/C(=N/NC(=O)c1cc(-c2cccc([N+](=O)[O-])c2)n[nH]1)c1ccc2ccccc2c1. The van der Waals surface area contributed by atoms with Crippen molar-refractivity contribution in [1.82, 2.24) is 15.6 Å². The van der Waals surface area contributed by atoms with Gasteiger partial charge in [0.15, 0.2) is 0 Å². The number of nitrogens with one attached hydrogen (secondary N) is 2. The van der Waals surface area contributed by atoms with E-state index in [4.69, 9.17) is 0 Å². The molecule has 0 spiro atoms. The average Bonchev–Trinajstić information content (AvgIpc) is 3.27. The molecule has 4 rings (SSSR count). The van der Waals surface area contributed by atoms with Gasteiger partial charge in [-0.2, -0.15) is 10.2 Å². The van der Waals surface area contributed by atoms with Crippen LogP contribution in [0, 0.1) is 10.1 Å². The van der Waals surface area contributed by atoms with E-state index in [2.05, 4.69) is 20.7 Å². The summed E-state index contributed by atoms with van der Waals surface area (Å²) in [6.45, 7) is 1.81. The molecule has 148 valence electrons. The summed E-state index contributed by atoms with van der Waals surface area (Å²) >= 11 is 0. The average molecular weight is 399 g/mol. The van der Waals surface area contributed by atoms with Crippen molar-refractivity contribution in [3.05, 3.63) is 94.2 Å². The highest BCUT2D eigenvalue weighted by Gasteiger charge is 2.13. The molecule has 8 nitrogen and oxygen atoms in total. The quantitative estimate of drug-likeness (QED) is 0.296. The second-order valence-corrected chi connectivity index (χ2v) is 6.67. The van der Waals surface area contributed by atoms with Gasteiger partial charge in [0, 0.05) is 17.7 Å². The highest BCUT2D eigenvalue weighted by atomic mass is 16.6. The van der Waals surface area contributed by atoms with Crippen molar-refractivity contribution in [3.63, 3.8) is 0 Å². The fourth-order valence-corrected chi connectivity index (χ4v) is 3.04. The molecule has 0 aliphatic carbocycles. The summed E-state index contributed by atoms with van der Waals surface area (Å²) in [7, 11) is 0. The number of carbonyl (C=O) groups is 1. The minimum absolute atomic E-state index is 0.0443. The van der Waals surface area contributed by atoms with Crippen LogP contribution in [0.5, 0.6) is 0 Å². The number of nitro benzene ring substituents is 1. The largest absolute Gasteiger partial charge is 0.289 e. The zero-order valence-electron chi connectivity index (χ0n) is 16.0. The number of nitrogens with zero attached hydrogens (tertiary/aromatic N) is 3. The number of aromatic nitrogens is 2. The van der Waals surface area contributed by atoms with Gasteiger partial charge in [0.2, 0.25) is 0 Å². The van der Waals surface area contributed by atoms with Gasteiger partial charge in [-0.1, -0.05) is 48.5 Å². The van der Waals surface area contributed by atoms with Crippen molar-refractivity contribution < 1.29 is 9.72 Å².